The second kappa shape index (κ2) is 8.20. The fraction of sp³-hybridized carbons (Fsp3) is 0.350. The Morgan fingerprint density at radius 1 is 1.18 bits per heavy atom. The SMILES string of the molecule is COc1ccc(-c2[nH]ncc2CN2CCc3nc(SC)ncc3C2)cc1OC. The van der Waals surface area contributed by atoms with E-state index in [1.807, 2.05) is 36.8 Å². The van der Waals surface area contributed by atoms with Crippen molar-refractivity contribution in [3.8, 4) is 22.8 Å². The van der Waals surface area contributed by atoms with Gasteiger partial charge in [0.15, 0.2) is 16.7 Å². The molecule has 0 aliphatic carbocycles. The van der Waals surface area contributed by atoms with Crippen molar-refractivity contribution in [2.24, 2.45) is 0 Å². The van der Waals surface area contributed by atoms with Crippen molar-refractivity contribution in [2.75, 3.05) is 27.0 Å². The molecule has 0 radical (unpaired) electrons. The Labute approximate surface area is 168 Å². The third-order valence-corrected chi connectivity index (χ3v) is 5.52. The molecule has 0 fully saturated rings. The third-order valence-electron chi connectivity index (χ3n) is 4.96. The lowest BCUT2D eigenvalue weighted by Crippen LogP contribution is -2.31. The first-order valence-electron chi connectivity index (χ1n) is 9.07. The second-order valence-electron chi connectivity index (χ2n) is 6.63. The molecule has 2 aromatic heterocycles. The summed E-state index contributed by atoms with van der Waals surface area (Å²) >= 11 is 1.58. The quantitative estimate of drug-likeness (QED) is 0.506. The zero-order chi connectivity index (χ0) is 19.5. The van der Waals surface area contributed by atoms with E-state index in [0.717, 1.165) is 48.0 Å². The molecule has 1 aliphatic heterocycles. The average molecular weight is 398 g/mol. The smallest absolute Gasteiger partial charge is 0.187 e. The number of nitrogens with one attached hydrogen (secondary N) is 1. The molecule has 0 bridgehead atoms. The van der Waals surface area contributed by atoms with Gasteiger partial charge in [-0.25, -0.2) is 9.97 Å². The maximum atomic E-state index is 5.44. The number of fused-ring (bicyclic) bond motifs is 1. The molecule has 4 rings (SSSR count). The van der Waals surface area contributed by atoms with Crippen LogP contribution in [0.4, 0.5) is 0 Å². The van der Waals surface area contributed by atoms with Crippen molar-refractivity contribution in [1.29, 1.82) is 0 Å². The summed E-state index contributed by atoms with van der Waals surface area (Å²) in [5.74, 6) is 1.42. The minimum absolute atomic E-state index is 0.703. The van der Waals surface area contributed by atoms with E-state index < -0.39 is 0 Å². The predicted octanol–water partition coefficient (Wildman–Crippen LogP) is 3.16. The fourth-order valence-corrected chi connectivity index (χ4v) is 3.86. The Hall–Kier alpha value is -2.58. The van der Waals surface area contributed by atoms with Crippen LogP contribution in [-0.2, 0) is 19.5 Å². The molecule has 0 saturated heterocycles. The lowest BCUT2D eigenvalue weighted by molar-refractivity contribution is 0.242. The van der Waals surface area contributed by atoms with Gasteiger partial charge >= 0.3 is 0 Å². The Morgan fingerprint density at radius 3 is 2.82 bits per heavy atom. The van der Waals surface area contributed by atoms with Gasteiger partial charge in [0, 0.05) is 48.9 Å². The molecular formula is C20H23N5O2S. The molecular weight excluding hydrogens is 374 g/mol. The number of H-pyrrole nitrogens is 1. The Balaban J connectivity index is 1.54. The van der Waals surface area contributed by atoms with Gasteiger partial charge in [-0.2, -0.15) is 5.10 Å². The first-order chi connectivity index (χ1) is 13.7. The van der Waals surface area contributed by atoms with Gasteiger partial charge in [0.1, 0.15) is 0 Å². The number of ether oxygens (including phenoxy) is 2. The number of aromatic nitrogens is 4. The van der Waals surface area contributed by atoms with Gasteiger partial charge in [-0.1, -0.05) is 11.8 Å². The molecule has 0 unspecified atom stereocenters. The Morgan fingerprint density at radius 2 is 2.04 bits per heavy atom. The third kappa shape index (κ3) is 3.70. The predicted molar refractivity (Wildman–Crippen MR) is 109 cm³/mol. The number of hydrogen-bond donors (Lipinski definition) is 1. The van der Waals surface area contributed by atoms with E-state index in [-0.39, 0.29) is 0 Å². The van der Waals surface area contributed by atoms with Gasteiger partial charge in [0.25, 0.3) is 0 Å². The zero-order valence-electron chi connectivity index (χ0n) is 16.2. The maximum absolute atomic E-state index is 5.44. The number of thioether (sulfide) groups is 1. The van der Waals surface area contributed by atoms with Gasteiger partial charge in [-0.3, -0.25) is 10.00 Å². The number of hydrogen-bond acceptors (Lipinski definition) is 7. The lowest BCUT2D eigenvalue weighted by Gasteiger charge is -2.27. The molecule has 8 heteroatoms. The maximum Gasteiger partial charge on any atom is 0.187 e. The van der Waals surface area contributed by atoms with E-state index in [0.29, 0.717) is 11.5 Å². The number of nitrogens with zero attached hydrogens (tertiary/aromatic N) is 4. The molecule has 0 amide bonds. The minimum Gasteiger partial charge on any atom is -0.493 e. The molecule has 146 valence electrons. The van der Waals surface area contributed by atoms with Crippen molar-refractivity contribution in [2.45, 2.75) is 24.7 Å². The van der Waals surface area contributed by atoms with E-state index in [4.69, 9.17) is 9.47 Å². The van der Waals surface area contributed by atoms with Crippen molar-refractivity contribution >= 4 is 11.8 Å². The highest BCUT2D eigenvalue weighted by molar-refractivity contribution is 7.98. The molecule has 3 aromatic rings. The molecule has 1 N–H and O–H groups in total. The van der Waals surface area contributed by atoms with Crippen LogP contribution >= 0.6 is 11.8 Å². The van der Waals surface area contributed by atoms with Gasteiger partial charge in [0.2, 0.25) is 0 Å². The van der Waals surface area contributed by atoms with Crippen molar-refractivity contribution in [3.63, 3.8) is 0 Å². The Kier molecular flexibility index (Phi) is 5.50. The van der Waals surface area contributed by atoms with Crippen LogP contribution in [0.25, 0.3) is 11.3 Å². The van der Waals surface area contributed by atoms with Crippen LogP contribution in [0.15, 0.2) is 35.7 Å². The van der Waals surface area contributed by atoms with Gasteiger partial charge in [0.05, 0.1) is 31.8 Å². The molecule has 0 spiro atoms. The summed E-state index contributed by atoms with van der Waals surface area (Å²) in [4.78, 5) is 11.5. The summed E-state index contributed by atoms with van der Waals surface area (Å²) in [5.41, 5.74) is 5.55. The molecule has 28 heavy (non-hydrogen) atoms. The molecule has 3 heterocycles. The van der Waals surface area contributed by atoms with Crippen LogP contribution in [0.2, 0.25) is 0 Å². The minimum atomic E-state index is 0.703. The lowest BCUT2D eigenvalue weighted by atomic mass is 10.0. The van der Waals surface area contributed by atoms with Gasteiger partial charge < -0.3 is 9.47 Å². The standard InChI is InChI=1S/C20H23N5O2S/c1-26-17-5-4-13(8-18(17)27-2)19-15(10-22-24-19)12-25-7-6-16-14(11-25)9-21-20(23-16)28-3/h4-5,8-10H,6-7,11-12H2,1-3H3,(H,22,24). The van der Waals surface area contributed by atoms with Crippen molar-refractivity contribution < 1.29 is 9.47 Å². The first kappa shape index (κ1) is 18.8. The largest absolute Gasteiger partial charge is 0.493 e. The summed E-state index contributed by atoms with van der Waals surface area (Å²) < 4.78 is 10.8. The molecule has 1 aliphatic rings. The number of methoxy groups -OCH3 is 2. The van der Waals surface area contributed by atoms with Gasteiger partial charge in [-0.05, 0) is 24.5 Å². The topological polar surface area (TPSA) is 76.2 Å². The molecule has 0 atom stereocenters. The summed E-state index contributed by atoms with van der Waals surface area (Å²) in [6, 6.07) is 5.90. The zero-order valence-corrected chi connectivity index (χ0v) is 17.0. The average Bonchev–Trinajstić information content (AvgIpc) is 3.20. The van der Waals surface area contributed by atoms with Crippen LogP contribution in [0.5, 0.6) is 11.5 Å². The molecule has 0 saturated carbocycles. The molecule has 7 nitrogen and oxygen atoms in total. The highest BCUT2D eigenvalue weighted by atomic mass is 32.2. The van der Waals surface area contributed by atoms with E-state index in [1.165, 1.54) is 11.3 Å². The van der Waals surface area contributed by atoms with Crippen LogP contribution in [0.1, 0.15) is 16.8 Å². The number of benzene rings is 1. The van der Waals surface area contributed by atoms with Crippen LogP contribution in [0, 0.1) is 0 Å². The normalized spacial score (nSPS) is 14.0. The van der Waals surface area contributed by atoms with E-state index >= 15 is 0 Å². The van der Waals surface area contributed by atoms with E-state index in [2.05, 4.69) is 25.1 Å². The van der Waals surface area contributed by atoms with E-state index in [1.54, 1.807) is 26.0 Å². The van der Waals surface area contributed by atoms with Gasteiger partial charge in [-0.15, -0.1) is 0 Å². The number of aromatic amines is 1. The summed E-state index contributed by atoms with van der Waals surface area (Å²) in [5, 5.41) is 8.26. The first-order valence-corrected chi connectivity index (χ1v) is 10.3. The second-order valence-corrected chi connectivity index (χ2v) is 7.40. The monoisotopic (exact) mass is 397 g/mol. The van der Waals surface area contributed by atoms with Crippen molar-refractivity contribution in [1.82, 2.24) is 25.1 Å². The van der Waals surface area contributed by atoms with E-state index in [9.17, 15) is 0 Å². The molecule has 1 aromatic carbocycles. The van der Waals surface area contributed by atoms with Crippen LogP contribution < -0.4 is 9.47 Å². The highest BCUT2D eigenvalue weighted by Crippen LogP contribution is 2.33. The van der Waals surface area contributed by atoms with Crippen LogP contribution in [0.3, 0.4) is 0 Å². The number of rotatable bonds is 6. The van der Waals surface area contributed by atoms with Crippen molar-refractivity contribution in [3.05, 3.63) is 47.4 Å². The highest BCUT2D eigenvalue weighted by Gasteiger charge is 2.20. The van der Waals surface area contributed by atoms with Crippen LogP contribution in [-0.4, -0.2) is 52.1 Å². The summed E-state index contributed by atoms with van der Waals surface area (Å²) in [6.07, 6.45) is 6.81. The summed E-state index contributed by atoms with van der Waals surface area (Å²) in [6.45, 7) is 2.62. The fourth-order valence-electron chi connectivity index (χ4n) is 3.50. The summed E-state index contributed by atoms with van der Waals surface area (Å²) in [7, 11) is 3.28. The Bertz CT molecular complexity index is 975.